The van der Waals surface area contributed by atoms with Crippen molar-refractivity contribution in [1.82, 2.24) is 15.6 Å². The van der Waals surface area contributed by atoms with Gasteiger partial charge in [-0.05, 0) is 73.8 Å². The highest BCUT2D eigenvalue weighted by Gasteiger charge is 2.26. The SMILES string of the molecule is C#C[C@@H]1CNc2c(sc3ccc4nc(-c5ccc(C6CCNCC6)c(NC(=O)C=C)c5)ccc4c23)C(=O)N1. The van der Waals surface area contributed by atoms with Gasteiger partial charge in [0.1, 0.15) is 10.9 Å². The van der Waals surface area contributed by atoms with E-state index in [-0.39, 0.29) is 17.9 Å². The lowest BCUT2D eigenvalue weighted by atomic mass is 9.88. The molecule has 0 saturated carbocycles. The van der Waals surface area contributed by atoms with Gasteiger partial charge in [0.05, 0.1) is 16.9 Å². The van der Waals surface area contributed by atoms with Crippen molar-refractivity contribution >= 4 is 55.5 Å². The molecular weight excluding hydrogens is 494 g/mol. The van der Waals surface area contributed by atoms with Gasteiger partial charge >= 0.3 is 0 Å². The number of pyridine rings is 1. The third kappa shape index (κ3) is 4.30. The molecule has 8 heteroatoms. The summed E-state index contributed by atoms with van der Waals surface area (Å²) in [6, 6.07) is 13.9. The summed E-state index contributed by atoms with van der Waals surface area (Å²) >= 11 is 1.45. The number of benzene rings is 2. The third-order valence-corrected chi connectivity index (χ3v) is 8.44. The van der Waals surface area contributed by atoms with Crippen LogP contribution in [0.5, 0.6) is 0 Å². The molecule has 4 heterocycles. The first kappa shape index (κ1) is 24.2. The summed E-state index contributed by atoms with van der Waals surface area (Å²) in [5.41, 5.74) is 5.31. The summed E-state index contributed by atoms with van der Waals surface area (Å²) in [5.74, 6) is 2.62. The molecular formula is C30H27N5O2S. The number of amides is 2. The summed E-state index contributed by atoms with van der Waals surface area (Å²) < 4.78 is 1.01. The summed E-state index contributed by atoms with van der Waals surface area (Å²) in [6.07, 6.45) is 8.92. The van der Waals surface area contributed by atoms with Gasteiger partial charge in [0.15, 0.2) is 0 Å². The first-order chi connectivity index (χ1) is 18.6. The number of terminal acetylenes is 1. The highest BCUT2D eigenvalue weighted by molar-refractivity contribution is 7.21. The van der Waals surface area contributed by atoms with Crippen molar-refractivity contribution in [2.45, 2.75) is 24.8 Å². The maximum absolute atomic E-state index is 12.8. The van der Waals surface area contributed by atoms with Crippen molar-refractivity contribution < 1.29 is 9.59 Å². The Balaban J connectivity index is 1.42. The number of piperidine rings is 1. The van der Waals surface area contributed by atoms with Crippen molar-refractivity contribution in [1.29, 1.82) is 0 Å². The van der Waals surface area contributed by atoms with Gasteiger partial charge in [-0.1, -0.05) is 24.6 Å². The highest BCUT2D eigenvalue weighted by Crippen LogP contribution is 2.41. The van der Waals surface area contributed by atoms with Crippen molar-refractivity contribution in [2.24, 2.45) is 0 Å². The molecule has 0 aliphatic carbocycles. The minimum Gasteiger partial charge on any atom is -0.380 e. The molecule has 4 N–H and O–H groups in total. The van der Waals surface area contributed by atoms with Crippen molar-refractivity contribution in [2.75, 3.05) is 30.3 Å². The zero-order valence-electron chi connectivity index (χ0n) is 20.8. The number of anilines is 2. The van der Waals surface area contributed by atoms with Crippen LogP contribution in [0.4, 0.5) is 11.4 Å². The van der Waals surface area contributed by atoms with Gasteiger partial charge in [-0.3, -0.25) is 9.59 Å². The van der Waals surface area contributed by atoms with E-state index in [9.17, 15) is 9.59 Å². The van der Waals surface area contributed by atoms with E-state index in [0.717, 1.165) is 75.1 Å². The zero-order chi connectivity index (χ0) is 26.2. The molecule has 2 aliphatic heterocycles. The number of carbonyl (C=O) groups excluding carboxylic acids is 2. The minimum absolute atomic E-state index is 0.158. The van der Waals surface area contributed by atoms with Crippen LogP contribution in [-0.4, -0.2) is 42.5 Å². The van der Waals surface area contributed by atoms with Crippen LogP contribution in [-0.2, 0) is 4.79 Å². The molecule has 1 saturated heterocycles. The van der Waals surface area contributed by atoms with E-state index in [1.54, 1.807) is 0 Å². The molecule has 2 aromatic heterocycles. The molecule has 38 heavy (non-hydrogen) atoms. The number of aromatic nitrogens is 1. The molecule has 2 amide bonds. The maximum atomic E-state index is 12.8. The van der Waals surface area contributed by atoms with E-state index < -0.39 is 0 Å². The zero-order valence-corrected chi connectivity index (χ0v) is 21.6. The molecule has 4 aromatic rings. The first-order valence-corrected chi connectivity index (χ1v) is 13.5. The summed E-state index contributed by atoms with van der Waals surface area (Å²) in [5, 5.41) is 14.6. The molecule has 6 rings (SSSR count). The Bertz CT molecular complexity index is 1640. The van der Waals surface area contributed by atoms with Crippen molar-refractivity contribution in [3.8, 4) is 23.6 Å². The second-order valence-electron chi connectivity index (χ2n) is 9.60. The predicted molar refractivity (Wildman–Crippen MR) is 155 cm³/mol. The van der Waals surface area contributed by atoms with Crippen LogP contribution in [0.2, 0.25) is 0 Å². The summed E-state index contributed by atoms with van der Waals surface area (Å²) in [7, 11) is 0. The molecule has 1 fully saturated rings. The fourth-order valence-corrected chi connectivity index (χ4v) is 6.46. The van der Waals surface area contributed by atoms with E-state index in [2.05, 4.69) is 52.0 Å². The number of nitrogens with one attached hydrogen (secondary N) is 4. The average Bonchev–Trinajstić information content (AvgIpc) is 3.26. The van der Waals surface area contributed by atoms with E-state index in [0.29, 0.717) is 17.3 Å². The van der Waals surface area contributed by atoms with Gasteiger partial charge in [-0.25, -0.2) is 4.98 Å². The lowest BCUT2D eigenvalue weighted by molar-refractivity contribution is -0.111. The predicted octanol–water partition coefficient (Wildman–Crippen LogP) is 4.87. The molecule has 0 bridgehead atoms. The number of nitrogens with zero attached hydrogens (tertiary/aromatic N) is 1. The van der Waals surface area contributed by atoms with Gasteiger partial charge < -0.3 is 21.3 Å². The Morgan fingerprint density at radius 1 is 1.18 bits per heavy atom. The Hall–Kier alpha value is -4.19. The van der Waals surface area contributed by atoms with Crippen LogP contribution in [0.3, 0.4) is 0 Å². The lowest BCUT2D eigenvalue weighted by Gasteiger charge is -2.25. The number of thiophene rings is 1. The number of hydrogen-bond donors (Lipinski definition) is 4. The van der Waals surface area contributed by atoms with Crippen LogP contribution in [0, 0.1) is 12.3 Å². The van der Waals surface area contributed by atoms with Crippen LogP contribution >= 0.6 is 11.3 Å². The van der Waals surface area contributed by atoms with Gasteiger partial charge in [0.2, 0.25) is 5.91 Å². The van der Waals surface area contributed by atoms with Crippen LogP contribution in [0.25, 0.3) is 32.2 Å². The Kier molecular flexibility index (Phi) is 6.32. The largest absolute Gasteiger partial charge is 0.380 e. The summed E-state index contributed by atoms with van der Waals surface area (Å²) in [6.45, 7) is 6.01. The summed E-state index contributed by atoms with van der Waals surface area (Å²) in [4.78, 5) is 30.7. The molecule has 0 radical (unpaired) electrons. The van der Waals surface area contributed by atoms with Gasteiger partial charge in [-0.2, -0.15) is 0 Å². The quantitative estimate of drug-likeness (QED) is 0.227. The first-order valence-electron chi connectivity index (χ1n) is 12.7. The Morgan fingerprint density at radius 3 is 2.82 bits per heavy atom. The number of rotatable bonds is 4. The molecule has 1 atom stereocenters. The van der Waals surface area contributed by atoms with Gasteiger partial charge in [0.25, 0.3) is 5.91 Å². The molecule has 2 aromatic carbocycles. The van der Waals surface area contributed by atoms with Crippen LogP contribution in [0.15, 0.2) is 55.1 Å². The fourth-order valence-electron chi connectivity index (χ4n) is 5.37. The van der Waals surface area contributed by atoms with E-state index >= 15 is 0 Å². The number of hydrogen-bond acceptors (Lipinski definition) is 6. The van der Waals surface area contributed by atoms with Crippen molar-refractivity contribution in [3.05, 3.63) is 65.6 Å². The van der Waals surface area contributed by atoms with Gasteiger partial charge in [0, 0.05) is 33.3 Å². The van der Waals surface area contributed by atoms with E-state index in [1.807, 2.05) is 24.3 Å². The monoisotopic (exact) mass is 521 g/mol. The molecule has 0 unspecified atom stereocenters. The molecule has 0 spiro atoms. The highest BCUT2D eigenvalue weighted by atomic mass is 32.1. The topological polar surface area (TPSA) is 95.2 Å². The number of fused-ring (bicyclic) bond motifs is 5. The minimum atomic E-state index is -0.361. The maximum Gasteiger partial charge on any atom is 0.264 e. The normalized spacial score (nSPS) is 17.7. The fraction of sp³-hybridized carbons (Fsp3) is 0.233. The van der Waals surface area contributed by atoms with E-state index in [4.69, 9.17) is 11.4 Å². The second kappa shape index (κ2) is 9.93. The Labute approximate surface area is 224 Å². The lowest BCUT2D eigenvalue weighted by Crippen LogP contribution is -2.35. The Morgan fingerprint density at radius 2 is 2.03 bits per heavy atom. The average molecular weight is 522 g/mol. The number of carbonyl (C=O) groups is 2. The third-order valence-electron chi connectivity index (χ3n) is 7.29. The van der Waals surface area contributed by atoms with Crippen LogP contribution in [0.1, 0.15) is 34.0 Å². The van der Waals surface area contributed by atoms with Crippen LogP contribution < -0.4 is 21.3 Å². The van der Waals surface area contributed by atoms with Crippen molar-refractivity contribution in [3.63, 3.8) is 0 Å². The molecule has 7 nitrogen and oxygen atoms in total. The van der Waals surface area contributed by atoms with Gasteiger partial charge in [-0.15, -0.1) is 17.8 Å². The second-order valence-corrected chi connectivity index (χ2v) is 10.7. The smallest absolute Gasteiger partial charge is 0.264 e. The molecule has 2 aliphatic rings. The van der Waals surface area contributed by atoms with E-state index in [1.165, 1.54) is 17.4 Å². The molecule has 190 valence electrons. The standard InChI is InChI=1S/C30H27N5O2S/c1-3-19-16-32-28-27-21-7-8-22(34-23(21)9-10-25(27)38-29(28)30(37)33-19)18-5-6-20(17-11-13-31-14-12-17)24(15-18)35-26(36)4-2/h1,4-10,15,17,19,31-32H,2,11-14,16H2,(H,33,37)(H,35,36)/t19-/m1/s1.